The van der Waals surface area contributed by atoms with E-state index in [1.54, 1.807) is 0 Å². The zero-order chi connectivity index (χ0) is 11.5. The van der Waals surface area contributed by atoms with E-state index in [2.05, 4.69) is 6.92 Å². The Morgan fingerprint density at radius 1 is 0.733 bits per heavy atom. The van der Waals surface area contributed by atoms with Gasteiger partial charge in [0.05, 0.1) is 12.2 Å². The van der Waals surface area contributed by atoms with Gasteiger partial charge in [-0.15, -0.1) is 0 Å². The third-order valence-electron chi connectivity index (χ3n) is 2.92. The van der Waals surface area contributed by atoms with Crippen LogP contribution in [0.3, 0.4) is 0 Å². The normalized spacial score (nSPS) is 15.2. The van der Waals surface area contributed by atoms with E-state index in [9.17, 15) is 10.2 Å². The SMILES string of the molecule is CCCC(O)CCCCCCC(O)CC. The number of hydrogen-bond donors (Lipinski definition) is 2. The molecule has 0 fully saturated rings. The fraction of sp³-hybridized carbons (Fsp3) is 1.00. The highest BCUT2D eigenvalue weighted by molar-refractivity contribution is 4.56. The van der Waals surface area contributed by atoms with Crippen molar-refractivity contribution in [1.82, 2.24) is 0 Å². The molecule has 92 valence electrons. The van der Waals surface area contributed by atoms with Crippen molar-refractivity contribution >= 4 is 0 Å². The Morgan fingerprint density at radius 3 is 1.73 bits per heavy atom. The lowest BCUT2D eigenvalue weighted by atomic mass is 10.0. The topological polar surface area (TPSA) is 40.5 Å². The van der Waals surface area contributed by atoms with Gasteiger partial charge in [-0.1, -0.05) is 46.0 Å². The summed E-state index contributed by atoms with van der Waals surface area (Å²) in [4.78, 5) is 0. The Balaban J connectivity index is 3.11. The van der Waals surface area contributed by atoms with Crippen LogP contribution in [0.4, 0.5) is 0 Å². The van der Waals surface area contributed by atoms with Crippen LogP contribution in [-0.2, 0) is 0 Å². The summed E-state index contributed by atoms with van der Waals surface area (Å²) in [6, 6.07) is 0. The second-order valence-corrected chi connectivity index (χ2v) is 4.50. The first-order chi connectivity index (χ1) is 7.20. The summed E-state index contributed by atoms with van der Waals surface area (Å²) >= 11 is 0. The first-order valence-corrected chi connectivity index (χ1v) is 6.56. The maximum Gasteiger partial charge on any atom is 0.0540 e. The zero-order valence-electron chi connectivity index (χ0n) is 10.4. The Hall–Kier alpha value is -0.0800. The summed E-state index contributed by atoms with van der Waals surface area (Å²) < 4.78 is 0. The molecule has 2 atom stereocenters. The molecule has 0 saturated carbocycles. The highest BCUT2D eigenvalue weighted by atomic mass is 16.3. The molecule has 0 aromatic carbocycles. The second kappa shape index (κ2) is 10.4. The van der Waals surface area contributed by atoms with Crippen LogP contribution in [0, 0.1) is 0 Å². The average molecular weight is 216 g/mol. The average Bonchev–Trinajstić information content (AvgIpc) is 2.23. The lowest BCUT2D eigenvalue weighted by molar-refractivity contribution is 0.147. The van der Waals surface area contributed by atoms with E-state index in [1.165, 1.54) is 12.8 Å². The minimum atomic E-state index is -0.101. The van der Waals surface area contributed by atoms with Gasteiger partial charge in [-0.25, -0.2) is 0 Å². The van der Waals surface area contributed by atoms with E-state index in [0.717, 1.165) is 44.9 Å². The Kier molecular flexibility index (Phi) is 10.4. The number of aliphatic hydroxyl groups is 2. The monoisotopic (exact) mass is 216 g/mol. The van der Waals surface area contributed by atoms with Gasteiger partial charge < -0.3 is 10.2 Å². The lowest BCUT2D eigenvalue weighted by Crippen LogP contribution is -2.05. The summed E-state index contributed by atoms with van der Waals surface area (Å²) in [7, 11) is 0. The highest BCUT2D eigenvalue weighted by Crippen LogP contribution is 2.11. The fourth-order valence-electron chi connectivity index (χ4n) is 1.80. The van der Waals surface area contributed by atoms with Gasteiger partial charge in [0.25, 0.3) is 0 Å². The molecule has 0 saturated heterocycles. The molecule has 0 radical (unpaired) electrons. The van der Waals surface area contributed by atoms with Crippen LogP contribution in [0.5, 0.6) is 0 Å². The smallest absolute Gasteiger partial charge is 0.0540 e. The number of hydrogen-bond acceptors (Lipinski definition) is 2. The van der Waals surface area contributed by atoms with Crippen molar-refractivity contribution in [3.05, 3.63) is 0 Å². The maximum absolute atomic E-state index is 9.49. The summed E-state index contributed by atoms with van der Waals surface area (Å²) in [6.07, 6.45) is 9.22. The molecular formula is C13H28O2. The summed E-state index contributed by atoms with van der Waals surface area (Å²) in [5.74, 6) is 0. The molecule has 0 rings (SSSR count). The van der Waals surface area contributed by atoms with Crippen LogP contribution in [-0.4, -0.2) is 22.4 Å². The first kappa shape index (κ1) is 14.9. The standard InChI is InChI=1S/C13H28O2/c1-3-9-13(15)11-8-6-5-7-10-12(14)4-2/h12-15H,3-11H2,1-2H3. The third-order valence-corrected chi connectivity index (χ3v) is 2.92. The van der Waals surface area contributed by atoms with Crippen LogP contribution >= 0.6 is 0 Å². The number of rotatable bonds is 10. The number of aliphatic hydroxyl groups excluding tert-OH is 2. The summed E-state index contributed by atoms with van der Waals surface area (Å²) in [5, 5.41) is 18.8. The van der Waals surface area contributed by atoms with E-state index >= 15 is 0 Å². The molecule has 0 aromatic rings. The van der Waals surface area contributed by atoms with Gasteiger partial charge in [0.15, 0.2) is 0 Å². The van der Waals surface area contributed by atoms with E-state index in [0.29, 0.717) is 0 Å². The third kappa shape index (κ3) is 10.2. The molecule has 2 nitrogen and oxygen atoms in total. The number of unbranched alkanes of at least 4 members (excludes halogenated alkanes) is 3. The molecular weight excluding hydrogens is 188 g/mol. The van der Waals surface area contributed by atoms with Crippen molar-refractivity contribution in [2.75, 3.05) is 0 Å². The largest absolute Gasteiger partial charge is 0.393 e. The van der Waals surface area contributed by atoms with Gasteiger partial charge in [0.1, 0.15) is 0 Å². The molecule has 0 bridgehead atoms. The first-order valence-electron chi connectivity index (χ1n) is 6.56. The zero-order valence-corrected chi connectivity index (χ0v) is 10.4. The molecule has 0 aliphatic rings. The predicted octanol–water partition coefficient (Wildman–Crippen LogP) is 3.26. The molecule has 15 heavy (non-hydrogen) atoms. The predicted molar refractivity (Wildman–Crippen MR) is 64.9 cm³/mol. The molecule has 0 heterocycles. The van der Waals surface area contributed by atoms with Crippen molar-refractivity contribution < 1.29 is 10.2 Å². The Morgan fingerprint density at radius 2 is 1.27 bits per heavy atom. The van der Waals surface area contributed by atoms with Gasteiger partial charge in [-0.2, -0.15) is 0 Å². The van der Waals surface area contributed by atoms with Gasteiger partial charge in [0, 0.05) is 0 Å². The highest BCUT2D eigenvalue weighted by Gasteiger charge is 2.02. The minimum absolute atomic E-state index is 0.0868. The molecule has 0 aliphatic heterocycles. The van der Waals surface area contributed by atoms with Crippen LogP contribution in [0.2, 0.25) is 0 Å². The molecule has 2 unspecified atom stereocenters. The van der Waals surface area contributed by atoms with E-state index < -0.39 is 0 Å². The Bertz CT molecular complexity index is 126. The fourth-order valence-corrected chi connectivity index (χ4v) is 1.80. The molecule has 0 spiro atoms. The summed E-state index contributed by atoms with van der Waals surface area (Å²) in [5.41, 5.74) is 0. The van der Waals surface area contributed by atoms with Crippen molar-refractivity contribution in [3.8, 4) is 0 Å². The molecule has 0 amide bonds. The second-order valence-electron chi connectivity index (χ2n) is 4.50. The van der Waals surface area contributed by atoms with Gasteiger partial charge in [-0.3, -0.25) is 0 Å². The van der Waals surface area contributed by atoms with Crippen LogP contribution in [0.25, 0.3) is 0 Å². The van der Waals surface area contributed by atoms with E-state index in [1.807, 2.05) is 6.92 Å². The van der Waals surface area contributed by atoms with Crippen molar-refractivity contribution in [3.63, 3.8) is 0 Å². The van der Waals surface area contributed by atoms with E-state index in [4.69, 9.17) is 0 Å². The lowest BCUT2D eigenvalue weighted by Gasteiger charge is -2.09. The molecule has 0 aliphatic carbocycles. The van der Waals surface area contributed by atoms with Crippen LogP contribution in [0.1, 0.15) is 71.6 Å². The van der Waals surface area contributed by atoms with Gasteiger partial charge >= 0.3 is 0 Å². The van der Waals surface area contributed by atoms with Gasteiger partial charge in [-0.05, 0) is 25.7 Å². The minimum Gasteiger partial charge on any atom is -0.393 e. The summed E-state index contributed by atoms with van der Waals surface area (Å²) in [6.45, 7) is 4.13. The van der Waals surface area contributed by atoms with Crippen molar-refractivity contribution in [1.29, 1.82) is 0 Å². The van der Waals surface area contributed by atoms with Crippen LogP contribution < -0.4 is 0 Å². The molecule has 2 N–H and O–H groups in total. The quantitative estimate of drug-likeness (QED) is 0.550. The maximum atomic E-state index is 9.49. The Labute approximate surface area is 94.7 Å². The van der Waals surface area contributed by atoms with Crippen LogP contribution in [0.15, 0.2) is 0 Å². The van der Waals surface area contributed by atoms with Gasteiger partial charge in [0.2, 0.25) is 0 Å². The molecule has 2 heteroatoms. The van der Waals surface area contributed by atoms with Crippen molar-refractivity contribution in [2.45, 2.75) is 83.8 Å². The van der Waals surface area contributed by atoms with E-state index in [-0.39, 0.29) is 12.2 Å². The molecule has 0 aromatic heterocycles. The van der Waals surface area contributed by atoms with Crippen molar-refractivity contribution in [2.24, 2.45) is 0 Å².